The Kier molecular flexibility index (Phi) is 33.0. The standard InChI is InChI=1S/C36H75N2O6P/c1-3-5-7-9-11-13-15-16-17-18-19-20-21-23-25-27-29-35(39)34(33-44-45(41,42)43-32-31-37)38-36(40)30-28-26-24-22-14-12-10-8-6-4-2/h34-35,39H,3-33,37H2,1-2H3,(H,38,40)(H,41,42)/t34-,35+/m0/s1. The average Bonchev–Trinajstić information content (AvgIpc) is 3.02. The zero-order valence-electron chi connectivity index (χ0n) is 29.6. The number of unbranched alkanes of at least 4 members (excludes halogenated alkanes) is 24. The minimum Gasteiger partial charge on any atom is -0.391 e. The van der Waals surface area contributed by atoms with Crippen LogP contribution in [0.25, 0.3) is 0 Å². The smallest absolute Gasteiger partial charge is 0.391 e. The average molecular weight is 663 g/mol. The monoisotopic (exact) mass is 663 g/mol. The number of nitrogens with one attached hydrogen (secondary N) is 1. The van der Waals surface area contributed by atoms with Gasteiger partial charge in [0.2, 0.25) is 5.91 Å². The molecule has 0 aromatic rings. The highest BCUT2D eigenvalue weighted by atomic mass is 31.2. The minimum atomic E-state index is -4.30. The molecule has 3 atom stereocenters. The first-order valence-electron chi connectivity index (χ1n) is 19.2. The number of amides is 1. The Morgan fingerprint density at radius 3 is 1.42 bits per heavy atom. The van der Waals surface area contributed by atoms with Crippen LogP contribution in [0, 0.1) is 0 Å². The van der Waals surface area contributed by atoms with E-state index in [2.05, 4.69) is 19.2 Å². The Labute approximate surface area is 278 Å². The van der Waals surface area contributed by atoms with Gasteiger partial charge in [-0.05, 0) is 12.8 Å². The van der Waals surface area contributed by atoms with Gasteiger partial charge in [0, 0.05) is 13.0 Å². The van der Waals surface area contributed by atoms with Crippen LogP contribution in [0.4, 0.5) is 0 Å². The van der Waals surface area contributed by atoms with Crippen LogP contribution < -0.4 is 11.1 Å². The van der Waals surface area contributed by atoms with Gasteiger partial charge in [0.15, 0.2) is 0 Å². The predicted molar refractivity (Wildman–Crippen MR) is 189 cm³/mol. The Balaban J connectivity index is 4.19. The molecular formula is C36H75N2O6P. The first kappa shape index (κ1) is 44.5. The van der Waals surface area contributed by atoms with Gasteiger partial charge in [-0.2, -0.15) is 0 Å². The van der Waals surface area contributed by atoms with E-state index in [1.54, 1.807) is 0 Å². The molecule has 0 aliphatic carbocycles. The van der Waals surface area contributed by atoms with Crippen molar-refractivity contribution in [2.45, 2.75) is 206 Å². The molecule has 0 saturated carbocycles. The van der Waals surface area contributed by atoms with Crippen molar-refractivity contribution in [1.29, 1.82) is 0 Å². The molecule has 0 rings (SSSR count). The fourth-order valence-electron chi connectivity index (χ4n) is 5.78. The number of phosphoric ester groups is 1. The summed E-state index contributed by atoms with van der Waals surface area (Å²) in [6, 6.07) is -0.765. The fourth-order valence-corrected chi connectivity index (χ4v) is 6.54. The van der Waals surface area contributed by atoms with Crippen LogP contribution in [-0.2, 0) is 18.4 Å². The highest BCUT2D eigenvalue weighted by Crippen LogP contribution is 2.43. The summed E-state index contributed by atoms with van der Waals surface area (Å²) in [5.41, 5.74) is 5.36. The van der Waals surface area contributed by atoms with Crippen molar-refractivity contribution in [2.75, 3.05) is 19.8 Å². The topological polar surface area (TPSA) is 131 Å². The van der Waals surface area contributed by atoms with Gasteiger partial charge in [-0.1, -0.05) is 174 Å². The molecule has 0 saturated heterocycles. The second-order valence-electron chi connectivity index (χ2n) is 13.2. The van der Waals surface area contributed by atoms with E-state index >= 15 is 0 Å². The lowest BCUT2D eigenvalue weighted by molar-refractivity contribution is -0.123. The molecule has 45 heavy (non-hydrogen) atoms. The van der Waals surface area contributed by atoms with E-state index < -0.39 is 20.0 Å². The molecule has 5 N–H and O–H groups in total. The summed E-state index contributed by atoms with van der Waals surface area (Å²) in [6.45, 7) is 4.20. The van der Waals surface area contributed by atoms with Crippen molar-refractivity contribution in [3.63, 3.8) is 0 Å². The number of rotatable bonds is 36. The first-order chi connectivity index (χ1) is 21.9. The maximum atomic E-state index is 12.7. The van der Waals surface area contributed by atoms with Crippen LogP contribution in [0.5, 0.6) is 0 Å². The van der Waals surface area contributed by atoms with E-state index in [-0.39, 0.29) is 25.7 Å². The van der Waals surface area contributed by atoms with E-state index in [1.807, 2.05) is 0 Å². The molecule has 9 heteroatoms. The summed E-state index contributed by atoms with van der Waals surface area (Å²) < 4.78 is 22.1. The molecule has 0 aliphatic heterocycles. The summed E-state index contributed by atoms with van der Waals surface area (Å²) in [7, 11) is -4.30. The van der Waals surface area contributed by atoms with E-state index in [0.29, 0.717) is 12.8 Å². The number of carbonyl (C=O) groups excluding carboxylic acids is 1. The molecule has 0 aromatic heterocycles. The lowest BCUT2D eigenvalue weighted by Gasteiger charge is -2.25. The van der Waals surface area contributed by atoms with Gasteiger partial charge >= 0.3 is 7.82 Å². The van der Waals surface area contributed by atoms with Crippen LogP contribution in [-0.4, -0.2) is 47.8 Å². The summed E-state index contributed by atoms with van der Waals surface area (Å²) in [6.07, 6.45) is 32.5. The number of phosphoric acid groups is 1. The maximum absolute atomic E-state index is 12.7. The third-order valence-corrected chi connectivity index (χ3v) is 9.70. The normalized spacial score (nSPS) is 14.3. The Morgan fingerprint density at radius 1 is 0.644 bits per heavy atom. The number of hydrogen-bond donors (Lipinski definition) is 4. The highest BCUT2D eigenvalue weighted by molar-refractivity contribution is 7.47. The van der Waals surface area contributed by atoms with E-state index in [9.17, 15) is 19.4 Å². The highest BCUT2D eigenvalue weighted by Gasteiger charge is 2.27. The third-order valence-electron chi connectivity index (χ3n) is 8.71. The molecule has 0 fully saturated rings. The number of aliphatic hydroxyl groups excluding tert-OH is 1. The van der Waals surface area contributed by atoms with Crippen LogP contribution in [0.2, 0.25) is 0 Å². The molecule has 0 bridgehead atoms. The van der Waals surface area contributed by atoms with Gasteiger partial charge in [-0.15, -0.1) is 0 Å². The van der Waals surface area contributed by atoms with Gasteiger partial charge in [0.05, 0.1) is 25.4 Å². The molecule has 270 valence electrons. The summed E-state index contributed by atoms with van der Waals surface area (Å²) in [5, 5.41) is 13.7. The van der Waals surface area contributed by atoms with Crippen molar-refractivity contribution in [3.05, 3.63) is 0 Å². The number of aliphatic hydroxyl groups is 1. The van der Waals surface area contributed by atoms with Gasteiger partial charge in [0.1, 0.15) is 0 Å². The lowest BCUT2D eigenvalue weighted by Crippen LogP contribution is -2.46. The quantitative estimate of drug-likeness (QED) is 0.0388. The van der Waals surface area contributed by atoms with Gasteiger partial charge in [-0.25, -0.2) is 4.57 Å². The van der Waals surface area contributed by atoms with E-state index in [1.165, 1.54) is 128 Å². The number of nitrogens with two attached hydrogens (primary N) is 1. The molecule has 1 amide bonds. The fraction of sp³-hybridized carbons (Fsp3) is 0.972. The summed E-state index contributed by atoms with van der Waals surface area (Å²) >= 11 is 0. The third kappa shape index (κ3) is 31.8. The molecule has 1 unspecified atom stereocenters. The van der Waals surface area contributed by atoms with Crippen molar-refractivity contribution in [1.82, 2.24) is 5.32 Å². The van der Waals surface area contributed by atoms with Crippen LogP contribution >= 0.6 is 7.82 Å². The second-order valence-corrected chi connectivity index (χ2v) is 14.6. The largest absolute Gasteiger partial charge is 0.472 e. The Hall–Kier alpha value is -0.500. The number of carbonyl (C=O) groups is 1. The molecule has 0 aromatic carbocycles. The zero-order valence-corrected chi connectivity index (χ0v) is 30.5. The van der Waals surface area contributed by atoms with E-state index in [0.717, 1.165) is 38.5 Å². The lowest BCUT2D eigenvalue weighted by atomic mass is 10.0. The van der Waals surface area contributed by atoms with Gasteiger partial charge in [0.25, 0.3) is 0 Å². The molecular weight excluding hydrogens is 587 g/mol. The number of hydrogen-bond acceptors (Lipinski definition) is 6. The maximum Gasteiger partial charge on any atom is 0.472 e. The van der Waals surface area contributed by atoms with Crippen molar-refractivity contribution in [2.24, 2.45) is 5.73 Å². The predicted octanol–water partition coefficient (Wildman–Crippen LogP) is 9.89. The zero-order chi connectivity index (χ0) is 33.3. The molecule has 0 aliphatic rings. The molecule has 0 heterocycles. The molecule has 0 spiro atoms. The Morgan fingerprint density at radius 2 is 1.02 bits per heavy atom. The first-order valence-corrected chi connectivity index (χ1v) is 20.6. The van der Waals surface area contributed by atoms with E-state index in [4.69, 9.17) is 14.8 Å². The van der Waals surface area contributed by atoms with Gasteiger partial charge in [-0.3, -0.25) is 13.8 Å². The van der Waals surface area contributed by atoms with Crippen molar-refractivity contribution < 1.29 is 28.4 Å². The van der Waals surface area contributed by atoms with Crippen LogP contribution in [0.15, 0.2) is 0 Å². The Bertz CT molecular complexity index is 684. The van der Waals surface area contributed by atoms with Crippen LogP contribution in [0.3, 0.4) is 0 Å². The molecule has 0 radical (unpaired) electrons. The van der Waals surface area contributed by atoms with Crippen molar-refractivity contribution >= 4 is 13.7 Å². The van der Waals surface area contributed by atoms with Crippen molar-refractivity contribution in [3.8, 4) is 0 Å². The minimum absolute atomic E-state index is 0.0921. The summed E-state index contributed by atoms with van der Waals surface area (Å²) in [5.74, 6) is -0.162. The van der Waals surface area contributed by atoms with Gasteiger partial charge < -0.3 is 21.1 Å². The summed E-state index contributed by atoms with van der Waals surface area (Å²) in [4.78, 5) is 22.6. The molecule has 8 nitrogen and oxygen atoms in total. The second kappa shape index (κ2) is 33.4. The SMILES string of the molecule is CCCCCCCCCCCCCCCCCC[C@@H](O)[C@H](COP(=O)(O)OCCN)NC(=O)CCCCCCCCCCCC. The van der Waals surface area contributed by atoms with Crippen LogP contribution in [0.1, 0.15) is 194 Å².